The fourth-order valence-electron chi connectivity index (χ4n) is 2.61. The second-order valence-electron chi connectivity index (χ2n) is 6.60. The Morgan fingerprint density at radius 3 is 2.86 bits per heavy atom. The van der Waals surface area contributed by atoms with E-state index < -0.39 is 6.10 Å². The lowest BCUT2D eigenvalue weighted by Crippen LogP contribution is -2.48. The molecule has 1 aliphatic heterocycles. The maximum absolute atomic E-state index is 12.3. The quantitative estimate of drug-likeness (QED) is 0.864. The highest BCUT2D eigenvalue weighted by Gasteiger charge is 2.27. The molecule has 2 N–H and O–H groups in total. The second-order valence-corrected chi connectivity index (χ2v) is 6.60. The fourth-order valence-corrected chi connectivity index (χ4v) is 2.61. The molecule has 5 nitrogen and oxygen atoms in total. The predicted molar refractivity (Wildman–Crippen MR) is 84.7 cm³/mol. The highest BCUT2D eigenvalue weighted by molar-refractivity contribution is 5.83. The van der Waals surface area contributed by atoms with Crippen molar-refractivity contribution in [2.45, 2.75) is 20.0 Å². The number of hydrogen-bond donors (Lipinski definition) is 2. The molecule has 0 radical (unpaired) electrons. The maximum atomic E-state index is 12.3. The van der Waals surface area contributed by atoms with E-state index >= 15 is 0 Å². The first kappa shape index (κ1) is 15.6. The Bertz CT molecular complexity index is 500. The molecule has 1 aromatic carbocycles. The average Bonchev–Trinajstić information content (AvgIpc) is 2.43. The first-order chi connectivity index (χ1) is 9.87. The highest BCUT2D eigenvalue weighted by atomic mass is 16.5. The van der Waals surface area contributed by atoms with Crippen molar-refractivity contribution >= 4 is 11.6 Å². The number of para-hydroxylation sites is 2. The van der Waals surface area contributed by atoms with E-state index in [1.165, 1.54) is 0 Å². The van der Waals surface area contributed by atoms with Crippen molar-refractivity contribution in [2.75, 3.05) is 39.0 Å². The minimum absolute atomic E-state index is 0.0269. The third-order valence-corrected chi connectivity index (χ3v) is 3.41. The molecule has 1 heterocycles. The van der Waals surface area contributed by atoms with E-state index in [4.69, 9.17) is 4.74 Å². The van der Waals surface area contributed by atoms with Gasteiger partial charge in [-0.15, -0.1) is 0 Å². The second kappa shape index (κ2) is 6.35. The lowest BCUT2D eigenvalue weighted by molar-refractivity contribution is -0.128. The third kappa shape index (κ3) is 4.36. The Balaban J connectivity index is 1.88. The molecule has 1 aliphatic rings. The van der Waals surface area contributed by atoms with Crippen LogP contribution in [-0.2, 0) is 4.79 Å². The van der Waals surface area contributed by atoms with E-state index in [1.807, 2.05) is 38.4 Å². The number of anilines is 1. The number of hydrogen-bond acceptors (Lipinski definition) is 4. The number of rotatable bonds is 5. The topological polar surface area (TPSA) is 53.6 Å². The van der Waals surface area contributed by atoms with Crippen LogP contribution in [0, 0.1) is 5.41 Å². The summed E-state index contributed by atoms with van der Waals surface area (Å²) in [5, 5.41) is 6.23. The smallest absolute Gasteiger partial charge is 0.262 e. The molecule has 0 fully saturated rings. The lowest BCUT2D eigenvalue weighted by Gasteiger charge is -2.30. The summed E-state index contributed by atoms with van der Waals surface area (Å²) >= 11 is 0. The van der Waals surface area contributed by atoms with Gasteiger partial charge in [-0.05, 0) is 31.6 Å². The Kier molecular flexibility index (Phi) is 4.73. The normalized spacial score (nSPS) is 17.7. The van der Waals surface area contributed by atoms with Crippen molar-refractivity contribution < 1.29 is 9.53 Å². The van der Waals surface area contributed by atoms with Gasteiger partial charge in [0, 0.05) is 13.1 Å². The molecule has 21 heavy (non-hydrogen) atoms. The van der Waals surface area contributed by atoms with Crippen LogP contribution in [0.4, 0.5) is 5.69 Å². The molecule has 0 saturated carbocycles. The summed E-state index contributed by atoms with van der Waals surface area (Å²) in [5.41, 5.74) is 0.966. The summed E-state index contributed by atoms with van der Waals surface area (Å²) in [5.74, 6) is 0.667. The Hall–Kier alpha value is -1.75. The summed E-state index contributed by atoms with van der Waals surface area (Å²) < 4.78 is 5.76. The van der Waals surface area contributed by atoms with Crippen LogP contribution in [0.3, 0.4) is 0 Å². The molecular formula is C16H25N3O2. The standard InChI is InChI=1S/C16H25N3O2/c1-16(2,11-19(3)4)10-18-15(20)14-9-17-12-7-5-6-8-13(12)21-14/h5-8,14,17H,9-11H2,1-4H3,(H,18,20). The summed E-state index contributed by atoms with van der Waals surface area (Å²) in [6.07, 6.45) is -0.477. The van der Waals surface area contributed by atoms with E-state index in [2.05, 4.69) is 29.4 Å². The van der Waals surface area contributed by atoms with Crippen molar-refractivity contribution in [1.29, 1.82) is 0 Å². The zero-order valence-corrected chi connectivity index (χ0v) is 13.3. The van der Waals surface area contributed by atoms with Crippen LogP contribution < -0.4 is 15.4 Å². The van der Waals surface area contributed by atoms with Crippen molar-refractivity contribution in [3.05, 3.63) is 24.3 Å². The number of carbonyl (C=O) groups excluding carboxylic acids is 1. The molecule has 1 amide bonds. The molecule has 1 unspecified atom stereocenters. The van der Waals surface area contributed by atoms with E-state index in [0.29, 0.717) is 13.1 Å². The molecule has 1 atom stereocenters. The minimum atomic E-state index is -0.477. The number of carbonyl (C=O) groups is 1. The summed E-state index contributed by atoms with van der Waals surface area (Å²) in [6.45, 7) is 6.33. The Labute approximate surface area is 126 Å². The maximum Gasteiger partial charge on any atom is 0.262 e. The van der Waals surface area contributed by atoms with Gasteiger partial charge in [0.15, 0.2) is 6.10 Å². The largest absolute Gasteiger partial charge is 0.477 e. The number of nitrogens with zero attached hydrogens (tertiary/aromatic N) is 1. The monoisotopic (exact) mass is 291 g/mol. The zero-order valence-electron chi connectivity index (χ0n) is 13.3. The molecular weight excluding hydrogens is 266 g/mol. The summed E-state index contributed by atoms with van der Waals surface area (Å²) in [7, 11) is 4.07. The first-order valence-electron chi connectivity index (χ1n) is 7.29. The van der Waals surface area contributed by atoms with Gasteiger partial charge in [0.25, 0.3) is 5.91 Å². The zero-order chi connectivity index (χ0) is 15.5. The van der Waals surface area contributed by atoms with E-state index in [-0.39, 0.29) is 11.3 Å². The van der Waals surface area contributed by atoms with Crippen LogP contribution in [0.1, 0.15) is 13.8 Å². The summed E-state index contributed by atoms with van der Waals surface area (Å²) in [6, 6.07) is 7.67. The minimum Gasteiger partial charge on any atom is -0.477 e. The predicted octanol–water partition coefficient (Wildman–Crippen LogP) is 1.56. The van der Waals surface area contributed by atoms with Crippen LogP contribution in [0.2, 0.25) is 0 Å². The molecule has 0 spiro atoms. The molecule has 116 valence electrons. The average molecular weight is 291 g/mol. The number of amides is 1. The third-order valence-electron chi connectivity index (χ3n) is 3.41. The molecule has 0 bridgehead atoms. The van der Waals surface area contributed by atoms with Crippen molar-refractivity contribution in [3.63, 3.8) is 0 Å². The van der Waals surface area contributed by atoms with Crippen LogP contribution in [0.5, 0.6) is 5.75 Å². The number of fused-ring (bicyclic) bond motifs is 1. The van der Waals surface area contributed by atoms with Gasteiger partial charge in [0.05, 0.1) is 12.2 Å². The Morgan fingerprint density at radius 1 is 1.43 bits per heavy atom. The number of nitrogens with one attached hydrogen (secondary N) is 2. The highest BCUT2D eigenvalue weighted by Crippen LogP contribution is 2.28. The molecule has 0 aliphatic carbocycles. The van der Waals surface area contributed by atoms with Crippen LogP contribution in [0.25, 0.3) is 0 Å². The molecule has 0 aromatic heterocycles. The lowest BCUT2D eigenvalue weighted by atomic mass is 9.93. The van der Waals surface area contributed by atoms with Gasteiger partial charge >= 0.3 is 0 Å². The summed E-state index contributed by atoms with van der Waals surface area (Å²) in [4.78, 5) is 14.4. The molecule has 1 aromatic rings. The van der Waals surface area contributed by atoms with Gasteiger partial charge in [0.1, 0.15) is 5.75 Å². The van der Waals surface area contributed by atoms with E-state index in [0.717, 1.165) is 18.0 Å². The van der Waals surface area contributed by atoms with Gasteiger partial charge < -0.3 is 20.3 Å². The first-order valence-corrected chi connectivity index (χ1v) is 7.29. The van der Waals surface area contributed by atoms with Gasteiger partial charge in [-0.1, -0.05) is 26.0 Å². The molecule has 5 heteroatoms. The molecule has 2 rings (SSSR count). The SMILES string of the molecule is CN(C)CC(C)(C)CNC(=O)C1CNc2ccccc2O1. The fraction of sp³-hybridized carbons (Fsp3) is 0.562. The van der Waals surface area contributed by atoms with Crippen LogP contribution in [0.15, 0.2) is 24.3 Å². The van der Waals surface area contributed by atoms with Crippen LogP contribution >= 0.6 is 0 Å². The van der Waals surface area contributed by atoms with E-state index in [9.17, 15) is 4.79 Å². The Morgan fingerprint density at radius 2 is 2.14 bits per heavy atom. The molecule has 0 saturated heterocycles. The van der Waals surface area contributed by atoms with Crippen molar-refractivity contribution in [1.82, 2.24) is 10.2 Å². The van der Waals surface area contributed by atoms with Gasteiger partial charge in [0.2, 0.25) is 0 Å². The number of benzene rings is 1. The van der Waals surface area contributed by atoms with Gasteiger partial charge in [-0.25, -0.2) is 0 Å². The number of ether oxygens (including phenoxy) is 1. The van der Waals surface area contributed by atoms with Crippen molar-refractivity contribution in [2.24, 2.45) is 5.41 Å². The van der Waals surface area contributed by atoms with Crippen molar-refractivity contribution in [3.8, 4) is 5.75 Å². The van der Waals surface area contributed by atoms with E-state index in [1.54, 1.807) is 0 Å². The van der Waals surface area contributed by atoms with Crippen LogP contribution in [-0.4, -0.2) is 50.6 Å². The van der Waals surface area contributed by atoms with Gasteiger partial charge in [-0.3, -0.25) is 4.79 Å². The van der Waals surface area contributed by atoms with Gasteiger partial charge in [-0.2, -0.15) is 0 Å².